The minimum atomic E-state index is -0.357. The molecule has 0 unspecified atom stereocenters. The molecule has 0 saturated carbocycles. The maximum absolute atomic E-state index is 11.3. The average Bonchev–Trinajstić information content (AvgIpc) is 2.44. The molecule has 0 spiro atoms. The van der Waals surface area contributed by atoms with Crippen molar-refractivity contribution in [3.8, 4) is 22.6 Å². The van der Waals surface area contributed by atoms with Crippen LogP contribution in [0.4, 0.5) is 5.69 Å². The summed E-state index contributed by atoms with van der Waals surface area (Å²) >= 11 is 5.90. The molecule has 1 amide bonds. The van der Waals surface area contributed by atoms with Gasteiger partial charge in [0.05, 0.1) is 5.69 Å². The zero-order chi connectivity index (χ0) is 14.7. The number of hydrogen-bond donors (Lipinski definition) is 3. The molecule has 3 N–H and O–H groups in total. The third-order valence-corrected chi connectivity index (χ3v) is 3.12. The van der Waals surface area contributed by atoms with E-state index < -0.39 is 0 Å². The van der Waals surface area contributed by atoms with E-state index in [2.05, 4.69) is 5.32 Å². The normalized spacial score (nSPS) is 10.3. The Balaban J connectivity index is 2.43. The third-order valence-electron chi connectivity index (χ3n) is 2.88. The number of carbonyl (C=O) groups is 1. The van der Waals surface area contributed by atoms with Crippen LogP contribution < -0.4 is 5.32 Å². The molecule has 20 heavy (non-hydrogen) atoms. The Labute approximate surface area is 121 Å². The van der Waals surface area contributed by atoms with Gasteiger partial charge in [-0.15, -0.1) is 0 Å². The molecule has 0 aliphatic carbocycles. The first-order chi connectivity index (χ1) is 9.52. The first kappa shape index (κ1) is 14.2. The van der Waals surface area contributed by atoms with E-state index in [0.717, 1.165) is 0 Å². The number of phenols is 2. The molecule has 0 atom stereocenters. The molecule has 5 heteroatoms. The number of rotatable bonds is 3. The van der Waals surface area contributed by atoms with Crippen LogP contribution in [0.2, 0.25) is 5.02 Å². The van der Waals surface area contributed by atoms with Crippen LogP contribution in [0.15, 0.2) is 36.4 Å². The lowest BCUT2D eigenvalue weighted by Crippen LogP contribution is -2.09. The van der Waals surface area contributed by atoms with Crippen molar-refractivity contribution < 1.29 is 15.0 Å². The van der Waals surface area contributed by atoms with E-state index >= 15 is 0 Å². The summed E-state index contributed by atoms with van der Waals surface area (Å²) in [6.45, 7) is 1.70. The van der Waals surface area contributed by atoms with Gasteiger partial charge in [0, 0.05) is 17.0 Å². The fourth-order valence-corrected chi connectivity index (χ4v) is 2.00. The highest BCUT2D eigenvalue weighted by atomic mass is 35.5. The van der Waals surface area contributed by atoms with E-state index in [4.69, 9.17) is 11.6 Å². The lowest BCUT2D eigenvalue weighted by molar-refractivity contribution is -0.115. The second kappa shape index (κ2) is 5.84. The summed E-state index contributed by atoms with van der Waals surface area (Å²) in [7, 11) is 0. The van der Waals surface area contributed by atoms with E-state index in [1.165, 1.54) is 0 Å². The van der Waals surface area contributed by atoms with E-state index in [0.29, 0.717) is 16.1 Å². The van der Waals surface area contributed by atoms with Crippen LogP contribution in [-0.4, -0.2) is 16.1 Å². The highest BCUT2D eigenvalue weighted by molar-refractivity contribution is 6.30. The van der Waals surface area contributed by atoms with Gasteiger partial charge >= 0.3 is 0 Å². The van der Waals surface area contributed by atoms with Gasteiger partial charge in [-0.25, -0.2) is 0 Å². The summed E-state index contributed by atoms with van der Waals surface area (Å²) in [6, 6.07) is 10.1. The van der Waals surface area contributed by atoms with Crippen LogP contribution in [0, 0.1) is 0 Å². The number of carbonyl (C=O) groups excluding carboxylic acids is 1. The zero-order valence-electron chi connectivity index (χ0n) is 10.9. The van der Waals surface area contributed by atoms with Gasteiger partial charge in [0.2, 0.25) is 5.91 Å². The summed E-state index contributed by atoms with van der Waals surface area (Å²) in [5, 5.41) is 23.1. The smallest absolute Gasteiger partial charge is 0.224 e. The van der Waals surface area contributed by atoms with Crippen molar-refractivity contribution in [1.29, 1.82) is 0 Å². The van der Waals surface area contributed by atoms with Crippen LogP contribution in [-0.2, 0) is 4.79 Å². The van der Waals surface area contributed by atoms with E-state index in [9.17, 15) is 15.0 Å². The number of benzene rings is 2. The van der Waals surface area contributed by atoms with Gasteiger partial charge in [0.25, 0.3) is 0 Å². The number of halogens is 1. The predicted octanol–water partition coefficient (Wildman–Crippen LogP) is 3.77. The quantitative estimate of drug-likeness (QED) is 0.754. The second-order valence-electron chi connectivity index (χ2n) is 4.27. The first-order valence-corrected chi connectivity index (χ1v) is 6.51. The Morgan fingerprint density at radius 2 is 1.95 bits per heavy atom. The molecular formula is C15H14ClNO3. The molecule has 0 bridgehead atoms. The maximum Gasteiger partial charge on any atom is 0.224 e. The Hall–Kier alpha value is -2.20. The van der Waals surface area contributed by atoms with E-state index in [-0.39, 0.29) is 29.5 Å². The van der Waals surface area contributed by atoms with Crippen molar-refractivity contribution in [2.24, 2.45) is 0 Å². The third kappa shape index (κ3) is 2.86. The highest BCUT2D eigenvalue weighted by Crippen LogP contribution is 2.41. The maximum atomic E-state index is 11.3. The van der Waals surface area contributed by atoms with Gasteiger partial charge in [-0.1, -0.05) is 30.7 Å². The molecule has 0 radical (unpaired) electrons. The predicted molar refractivity (Wildman–Crippen MR) is 79.1 cm³/mol. The van der Waals surface area contributed by atoms with Crippen molar-refractivity contribution in [3.05, 3.63) is 41.4 Å². The Morgan fingerprint density at radius 3 is 2.60 bits per heavy atom. The zero-order valence-corrected chi connectivity index (χ0v) is 11.6. The molecule has 0 fully saturated rings. The number of phenolic OH excluding ortho intramolecular Hbond substituents is 2. The second-order valence-corrected chi connectivity index (χ2v) is 4.71. The SMILES string of the molecule is CCC(=O)Nc1ccc(-c2cccc(Cl)c2)c(O)c1O. The molecule has 0 aliphatic rings. The first-order valence-electron chi connectivity index (χ1n) is 6.13. The number of nitrogens with one attached hydrogen (secondary N) is 1. The van der Waals surface area contributed by atoms with Gasteiger partial charge < -0.3 is 15.5 Å². The molecule has 0 aliphatic heterocycles. The fourth-order valence-electron chi connectivity index (χ4n) is 1.81. The number of amides is 1. The molecule has 0 saturated heterocycles. The molecule has 2 aromatic carbocycles. The van der Waals surface area contributed by atoms with Crippen molar-refractivity contribution in [2.45, 2.75) is 13.3 Å². The van der Waals surface area contributed by atoms with E-state index in [1.54, 1.807) is 43.3 Å². The molecule has 2 aromatic rings. The molecule has 0 heterocycles. The Kier molecular flexibility index (Phi) is 4.15. The summed E-state index contributed by atoms with van der Waals surface area (Å²) in [6.07, 6.45) is 0.288. The molecule has 4 nitrogen and oxygen atoms in total. The molecule has 104 valence electrons. The van der Waals surface area contributed by atoms with Gasteiger partial charge in [0.15, 0.2) is 11.5 Å². The largest absolute Gasteiger partial charge is 0.504 e. The molecule has 2 rings (SSSR count). The number of hydrogen-bond acceptors (Lipinski definition) is 3. The monoisotopic (exact) mass is 291 g/mol. The summed E-state index contributed by atoms with van der Waals surface area (Å²) in [4.78, 5) is 11.3. The van der Waals surface area contributed by atoms with Crippen LogP contribution >= 0.6 is 11.6 Å². The van der Waals surface area contributed by atoms with Gasteiger partial charge in [-0.05, 0) is 29.8 Å². The van der Waals surface area contributed by atoms with Crippen LogP contribution in [0.1, 0.15) is 13.3 Å². The lowest BCUT2D eigenvalue weighted by atomic mass is 10.0. The van der Waals surface area contributed by atoms with Crippen molar-refractivity contribution in [3.63, 3.8) is 0 Å². The topological polar surface area (TPSA) is 69.6 Å². The van der Waals surface area contributed by atoms with Crippen LogP contribution in [0.5, 0.6) is 11.5 Å². The summed E-state index contributed by atoms with van der Waals surface area (Å²) < 4.78 is 0. The minimum absolute atomic E-state index is 0.181. The van der Waals surface area contributed by atoms with Crippen molar-refractivity contribution in [1.82, 2.24) is 0 Å². The van der Waals surface area contributed by atoms with Gasteiger partial charge in [-0.3, -0.25) is 4.79 Å². The average molecular weight is 292 g/mol. The van der Waals surface area contributed by atoms with Crippen molar-refractivity contribution >= 4 is 23.2 Å². The Morgan fingerprint density at radius 1 is 1.20 bits per heavy atom. The number of aromatic hydroxyl groups is 2. The summed E-state index contributed by atoms with van der Waals surface area (Å²) in [5.74, 6) is -0.888. The molecular weight excluding hydrogens is 278 g/mol. The lowest BCUT2D eigenvalue weighted by Gasteiger charge is -2.11. The van der Waals surface area contributed by atoms with E-state index in [1.807, 2.05) is 0 Å². The number of anilines is 1. The summed E-state index contributed by atoms with van der Waals surface area (Å²) in [5.41, 5.74) is 1.30. The fraction of sp³-hybridized carbons (Fsp3) is 0.133. The highest BCUT2D eigenvalue weighted by Gasteiger charge is 2.14. The van der Waals surface area contributed by atoms with Gasteiger partial charge in [0.1, 0.15) is 0 Å². The van der Waals surface area contributed by atoms with Crippen LogP contribution in [0.25, 0.3) is 11.1 Å². The van der Waals surface area contributed by atoms with Crippen LogP contribution in [0.3, 0.4) is 0 Å². The Bertz CT molecular complexity index is 656. The minimum Gasteiger partial charge on any atom is -0.504 e. The van der Waals surface area contributed by atoms with Gasteiger partial charge in [-0.2, -0.15) is 0 Å². The standard InChI is InChI=1S/C15H14ClNO3/c1-2-13(18)17-12-7-6-11(14(19)15(12)20)9-4-3-5-10(16)8-9/h3-8,19-20H,2H2,1H3,(H,17,18). The van der Waals surface area contributed by atoms with Crippen molar-refractivity contribution in [2.75, 3.05) is 5.32 Å². The molecule has 0 aromatic heterocycles.